The molecule has 0 heterocycles. The van der Waals surface area contributed by atoms with E-state index in [1.807, 2.05) is 0 Å². The standard InChI is InChI=1S/C15H16BrF/c16-15(17)11-9-7-1-2-8(13(7)3-4-13)10(9)14(5-6-14)12(11)15/h1-2,7-12H,3-6H2/t7-,8+,9+,10+,11+,12+,15-/m1/s1. The predicted molar refractivity (Wildman–Crippen MR) is 66.2 cm³/mol. The van der Waals surface area contributed by atoms with Crippen molar-refractivity contribution in [3.8, 4) is 0 Å². The zero-order valence-corrected chi connectivity index (χ0v) is 11.3. The van der Waals surface area contributed by atoms with Gasteiger partial charge in [0.05, 0.1) is 0 Å². The fourth-order valence-corrected chi connectivity index (χ4v) is 8.04. The van der Waals surface area contributed by atoms with Crippen molar-refractivity contribution in [1.82, 2.24) is 0 Å². The van der Waals surface area contributed by atoms with Gasteiger partial charge >= 0.3 is 0 Å². The molecule has 5 fully saturated rings. The van der Waals surface area contributed by atoms with E-state index in [9.17, 15) is 4.39 Å². The number of fused-ring (bicyclic) bond motifs is 7. The predicted octanol–water partition coefficient (Wildman–Crippen LogP) is 3.92. The molecule has 0 unspecified atom stereocenters. The summed E-state index contributed by atoms with van der Waals surface area (Å²) in [6, 6.07) is 0. The van der Waals surface area contributed by atoms with Crippen LogP contribution in [0.5, 0.6) is 0 Å². The summed E-state index contributed by atoms with van der Waals surface area (Å²) in [6.45, 7) is 0. The fraction of sp³-hybridized carbons (Fsp3) is 0.867. The van der Waals surface area contributed by atoms with E-state index in [0.29, 0.717) is 28.6 Å². The molecule has 2 spiro atoms. The van der Waals surface area contributed by atoms with Crippen molar-refractivity contribution < 1.29 is 4.39 Å². The zero-order valence-electron chi connectivity index (χ0n) is 9.70. The molecule has 0 aromatic heterocycles. The van der Waals surface area contributed by atoms with Crippen LogP contribution >= 0.6 is 15.9 Å². The summed E-state index contributed by atoms with van der Waals surface area (Å²) in [7, 11) is 0. The summed E-state index contributed by atoms with van der Waals surface area (Å²) < 4.78 is 13.6. The molecule has 0 aliphatic heterocycles. The Hall–Kier alpha value is 0.150. The minimum absolute atomic E-state index is 0.368. The molecule has 0 N–H and O–H groups in total. The van der Waals surface area contributed by atoms with Gasteiger partial charge in [0.1, 0.15) is 0 Å². The van der Waals surface area contributed by atoms with Crippen molar-refractivity contribution in [2.75, 3.05) is 0 Å². The maximum Gasteiger partial charge on any atom is 0.172 e. The highest BCUT2D eigenvalue weighted by atomic mass is 79.9. The van der Waals surface area contributed by atoms with E-state index in [2.05, 4.69) is 28.1 Å². The molecule has 6 aliphatic carbocycles. The van der Waals surface area contributed by atoms with Crippen LogP contribution in [0.3, 0.4) is 0 Å². The van der Waals surface area contributed by atoms with Gasteiger partial charge in [-0.1, -0.05) is 12.2 Å². The zero-order chi connectivity index (χ0) is 11.2. The lowest BCUT2D eigenvalue weighted by Gasteiger charge is -2.31. The molecule has 2 heteroatoms. The number of halogens is 2. The third-order valence-corrected chi connectivity index (χ3v) is 8.55. The van der Waals surface area contributed by atoms with Gasteiger partial charge in [-0.25, -0.2) is 4.39 Å². The van der Waals surface area contributed by atoms with Crippen LogP contribution in [0.1, 0.15) is 25.7 Å². The Kier molecular flexibility index (Phi) is 1.12. The Bertz CT molecular complexity index is 485. The second kappa shape index (κ2) is 2.09. The van der Waals surface area contributed by atoms with Crippen molar-refractivity contribution in [3.63, 3.8) is 0 Å². The summed E-state index contributed by atoms with van der Waals surface area (Å²) in [5.74, 6) is 3.91. The van der Waals surface area contributed by atoms with Crippen LogP contribution in [0.15, 0.2) is 12.2 Å². The molecular formula is C15H16BrF. The molecule has 6 aliphatic rings. The third-order valence-electron chi connectivity index (χ3n) is 7.53. The summed E-state index contributed by atoms with van der Waals surface area (Å²) >= 11 is 3.42. The lowest BCUT2D eigenvalue weighted by atomic mass is 9.74. The van der Waals surface area contributed by atoms with Gasteiger partial charge in [-0.2, -0.15) is 0 Å². The SMILES string of the molecule is F[C@]1(Br)[C@H]2[C@@H]3[C@H]([C@@H]4C=C[C@H]3C43CC3)C3(CC3)[C@H]21. The van der Waals surface area contributed by atoms with Crippen LogP contribution in [-0.4, -0.2) is 4.58 Å². The maximum absolute atomic E-state index is 14.6. The number of alkyl halides is 2. The highest BCUT2D eigenvalue weighted by molar-refractivity contribution is 9.10. The van der Waals surface area contributed by atoms with E-state index in [1.54, 1.807) is 0 Å². The average molecular weight is 295 g/mol. The number of hydrogen-bond acceptors (Lipinski definition) is 0. The number of allylic oxidation sites excluding steroid dienone is 2. The van der Waals surface area contributed by atoms with Crippen LogP contribution in [0.25, 0.3) is 0 Å². The topological polar surface area (TPSA) is 0 Å². The largest absolute Gasteiger partial charge is 0.231 e. The first-order valence-corrected chi connectivity index (χ1v) is 7.98. The first-order valence-electron chi connectivity index (χ1n) is 7.19. The van der Waals surface area contributed by atoms with Gasteiger partial charge in [-0.15, -0.1) is 0 Å². The average Bonchev–Trinajstić information content (AvgIpc) is 3.13. The molecule has 7 atom stereocenters. The summed E-state index contributed by atoms with van der Waals surface area (Å²) in [5.41, 5.74) is 1.08. The van der Waals surface area contributed by atoms with Crippen molar-refractivity contribution >= 4 is 15.9 Å². The second-order valence-electron chi connectivity index (χ2n) is 7.68. The van der Waals surface area contributed by atoms with Crippen LogP contribution in [-0.2, 0) is 0 Å². The molecule has 0 aromatic rings. The lowest BCUT2D eigenvalue weighted by Crippen LogP contribution is -2.29. The Balaban J connectivity index is 1.57. The monoisotopic (exact) mass is 294 g/mol. The van der Waals surface area contributed by atoms with Crippen molar-refractivity contribution in [2.45, 2.75) is 30.3 Å². The van der Waals surface area contributed by atoms with E-state index in [-0.39, 0.29) is 0 Å². The molecule has 6 rings (SSSR count). The smallest absolute Gasteiger partial charge is 0.172 e. The molecular weight excluding hydrogens is 279 g/mol. The molecule has 0 nitrogen and oxygen atoms in total. The van der Waals surface area contributed by atoms with E-state index in [1.165, 1.54) is 25.7 Å². The van der Waals surface area contributed by atoms with Gasteiger partial charge in [0.25, 0.3) is 0 Å². The van der Waals surface area contributed by atoms with E-state index >= 15 is 0 Å². The molecule has 0 saturated heterocycles. The first-order chi connectivity index (χ1) is 8.13. The Labute approximate surface area is 109 Å². The molecule has 90 valence electrons. The minimum Gasteiger partial charge on any atom is -0.231 e. The second-order valence-corrected chi connectivity index (χ2v) is 8.90. The van der Waals surface area contributed by atoms with E-state index in [4.69, 9.17) is 0 Å². The lowest BCUT2D eigenvalue weighted by molar-refractivity contribution is 0.165. The van der Waals surface area contributed by atoms with Crippen molar-refractivity contribution in [3.05, 3.63) is 12.2 Å². The van der Waals surface area contributed by atoms with E-state index in [0.717, 1.165) is 17.8 Å². The van der Waals surface area contributed by atoms with Gasteiger partial charge in [-0.3, -0.25) is 0 Å². The quantitative estimate of drug-likeness (QED) is 0.469. The first kappa shape index (κ1) is 9.12. The Morgan fingerprint density at radius 1 is 0.941 bits per heavy atom. The molecule has 2 bridgehead atoms. The van der Waals surface area contributed by atoms with Crippen LogP contribution in [0.4, 0.5) is 4.39 Å². The van der Waals surface area contributed by atoms with Gasteiger partial charge < -0.3 is 0 Å². The highest BCUT2D eigenvalue weighted by Crippen LogP contribution is 2.92. The fourth-order valence-electron chi connectivity index (χ4n) is 6.86. The van der Waals surface area contributed by atoms with Gasteiger partial charge in [-0.05, 0) is 76.1 Å². The molecule has 0 amide bonds. The summed E-state index contributed by atoms with van der Waals surface area (Å²) in [6.07, 6.45) is 10.5. The Morgan fingerprint density at radius 3 is 2.24 bits per heavy atom. The normalized spacial score (nSPS) is 68.6. The number of rotatable bonds is 0. The number of hydrogen-bond donors (Lipinski definition) is 0. The van der Waals surface area contributed by atoms with Crippen LogP contribution in [0, 0.1) is 46.3 Å². The summed E-state index contributed by atoms with van der Waals surface area (Å²) in [5, 5.41) is 0. The highest BCUT2D eigenvalue weighted by Gasteiger charge is 2.90. The van der Waals surface area contributed by atoms with Crippen LogP contribution < -0.4 is 0 Å². The third kappa shape index (κ3) is 0.676. The van der Waals surface area contributed by atoms with Gasteiger partial charge in [0, 0.05) is 11.8 Å². The summed E-state index contributed by atoms with van der Waals surface area (Å²) in [4.78, 5) is 0. The molecule has 0 aromatic carbocycles. The van der Waals surface area contributed by atoms with Crippen molar-refractivity contribution in [1.29, 1.82) is 0 Å². The minimum atomic E-state index is -0.973. The van der Waals surface area contributed by atoms with Gasteiger partial charge in [0.2, 0.25) is 0 Å². The van der Waals surface area contributed by atoms with Gasteiger partial charge in [0.15, 0.2) is 4.58 Å². The molecule has 17 heavy (non-hydrogen) atoms. The molecule has 0 radical (unpaired) electrons. The molecule has 5 saturated carbocycles. The van der Waals surface area contributed by atoms with Crippen LogP contribution in [0.2, 0.25) is 0 Å². The van der Waals surface area contributed by atoms with Crippen molar-refractivity contribution in [2.24, 2.45) is 46.3 Å². The van der Waals surface area contributed by atoms with E-state index < -0.39 is 4.58 Å². The maximum atomic E-state index is 14.6. The Morgan fingerprint density at radius 2 is 1.59 bits per heavy atom.